The molecule has 3 nitrogen and oxygen atoms in total. The third-order valence-electron chi connectivity index (χ3n) is 3.77. The summed E-state index contributed by atoms with van der Waals surface area (Å²) >= 11 is 0. The lowest BCUT2D eigenvalue weighted by Gasteiger charge is -2.29. The van der Waals surface area contributed by atoms with Crippen molar-refractivity contribution in [3.63, 3.8) is 0 Å². The Bertz CT molecular complexity index is 456. The van der Waals surface area contributed by atoms with Gasteiger partial charge in [0.25, 0.3) is 0 Å². The molecule has 3 heteroatoms. The molecule has 1 aromatic rings. The Hall–Kier alpha value is -1.53. The van der Waals surface area contributed by atoms with Crippen LogP contribution >= 0.6 is 0 Å². The average Bonchev–Trinajstić information content (AvgIpc) is 2.91. The molecule has 19 heavy (non-hydrogen) atoms. The zero-order valence-corrected chi connectivity index (χ0v) is 11.9. The molecular weight excluding hydrogens is 234 g/mol. The number of nitriles is 1. The molecule has 1 unspecified atom stereocenters. The van der Waals surface area contributed by atoms with Crippen LogP contribution in [0.1, 0.15) is 37.3 Å². The lowest BCUT2D eigenvalue weighted by atomic mass is 10.1. The molecule has 102 valence electrons. The van der Waals surface area contributed by atoms with Gasteiger partial charge in [0.2, 0.25) is 0 Å². The Balaban J connectivity index is 2.25. The van der Waals surface area contributed by atoms with Gasteiger partial charge in [0.1, 0.15) is 6.07 Å². The highest BCUT2D eigenvalue weighted by Crippen LogP contribution is 2.26. The number of anilines is 1. The Morgan fingerprint density at radius 1 is 1.47 bits per heavy atom. The summed E-state index contributed by atoms with van der Waals surface area (Å²) in [5.74, 6) is 0. The number of aryl methyl sites for hydroxylation is 1. The number of nitrogens with one attached hydrogen (secondary N) is 1. The van der Waals surface area contributed by atoms with Gasteiger partial charge in [-0.3, -0.25) is 0 Å². The molecule has 2 rings (SSSR count). The fraction of sp³-hybridized carbons (Fsp3) is 0.562. The summed E-state index contributed by atoms with van der Waals surface area (Å²) in [6, 6.07) is 8.89. The molecule has 1 aromatic carbocycles. The number of rotatable bonds is 5. The fourth-order valence-electron chi connectivity index (χ4n) is 2.91. The smallest absolute Gasteiger partial charge is 0.101 e. The van der Waals surface area contributed by atoms with Crippen LogP contribution in [0.15, 0.2) is 18.2 Å². The summed E-state index contributed by atoms with van der Waals surface area (Å²) in [7, 11) is 0. The Labute approximate surface area is 116 Å². The number of nitrogens with zero attached hydrogens (tertiary/aromatic N) is 2. The van der Waals surface area contributed by atoms with E-state index in [-0.39, 0.29) is 0 Å². The molecule has 1 atom stereocenters. The fourth-order valence-corrected chi connectivity index (χ4v) is 2.91. The van der Waals surface area contributed by atoms with Gasteiger partial charge in [-0.15, -0.1) is 0 Å². The maximum absolute atomic E-state index is 9.33. The first-order chi connectivity index (χ1) is 9.26. The summed E-state index contributed by atoms with van der Waals surface area (Å²) < 4.78 is 0. The molecule has 1 N–H and O–H groups in total. The van der Waals surface area contributed by atoms with Gasteiger partial charge in [0.05, 0.1) is 11.3 Å². The maximum Gasteiger partial charge on any atom is 0.101 e. The van der Waals surface area contributed by atoms with Gasteiger partial charge >= 0.3 is 0 Å². The van der Waals surface area contributed by atoms with Crippen molar-refractivity contribution >= 4 is 5.69 Å². The van der Waals surface area contributed by atoms with E-state index in [1.54, 1.807) is 0 Å². The molecule has 0 amide bonds. The first-order valence-corrected chi connectivity index (χ1v) is 7.24. The highest BCUT2D eigenvalue weighted by molar-refractivity contribution is 5.64. The van der Waals surface area contributed by atoms with E-state index in [1.807, 2.05) is 12.1 Å². The molecule has 1 saturated heterocycles. The largest absolute Gasteiger partial charge is 0.369 e. The van der Waals surface area contributed by atoms with E-state index in [4.69, 9.17) is 0 Å². The summed E-state index contributed by atoms with van der Waals surface area (Å²) in [4.78, 5) is 2.39. The predicted molar refractivity (Wildman–Crippen MR) is 79.4 cm³/mol. The minimum Gasteiger partial charge on any atom is -0.369 e. The van der Waals surface area contributed by atoms with Crippen molar-refractivity contribution in [2.24, 2.45) is 0 Å². The molecule has 0 bridgehead atoms. The first kappa shape index (κ1) is 13.9. The van der Waals surface area contributed by atoms with Crippen LogP contribution in [-0.4, -0.2) is 25.7 Å². The van der Waals surface area contributed by atoms with Gasteiger partial charge in [-0.1, -0.05) is 19.1 Å². The minimum absolute atomic E-state index is 0.567. The second-order valence-corrected chi connectivity index (χ2v) is 5.32. The van der Waals surface area contributed by atoms with Crippen LogP contribution in [0, 0.1) is 18.3 Å². The van der Waals surface area contributed by atoms with Crippen molar-refractivity contribution in [3.8, 4) is 6.07 Å². The molecule has 0 radical (unpaired) electrons. The van der Waals surface area contributed by atoms with Crippen LogP contribution in [0.5, 0.6) is 0 Å². The summed E-state index contributed by atoms with van der Waals surface area (Å²) in [5, 5.41) is 12.9. The Kier molecular flexibility index (Phi) is 4.81. The van der Waals surface area contributed by atoms with Crippen LogP contribution < -0.4 is 10.2 Å². The minimum atomic E-state index is 0.567. The molecule has 0 spiro atoms. The Morgan fingerprint density at radius 3 is 2.95 bits per heavy atom. The molecule has 0 aliphatic carbocycles. The SMILES string of the molecule is CCCN(CC1CCCN1)c1c(C)cccc1C#N. The first-order valence-electron chi connectivity index (χ1n) is 7.24. The number of hydrogen-bond acceptors (Lipinski definition) is 3. The van der Waals surface area contributed by atoms with Gasteiger partial charge in [0, 0.05) is 19.1 Å². The van der Waals surface area contributed by atoms with Crippen molar-refractivity contribution in [1.82, 2.24) is 5.32 Å². The van der Waals surface area contributed by atoms with Crippen LogP contribution in [0.4, 0.5) is 5.69 Å². The van der Waals surface area contributed by atoms with Gasteiger partial charge in [-0.2, -0.15) is 5.26 Å². The van der Waals surface area contributed by atoms with Crippen LogP contribution in [0.25, 0.3) is 0 Å². The molecule has 0 saturated carbocycles. The number of benzene rings is 1. The molecule has 1 aliphatic heterocycles. The lowest BCUT2D eigenvalue weighted by Crippen LogP contribution is -2.38. The van der Waals surface area contributed by atoms with E-state index in [2.05, 4.69) is 36.2 Å². The van der Waals surface area contributed by atoms with E-state index < -0.39 is 0 Å². The van der Waals surface area contributed by atoms with Crippen molar-refractivity contribution in [2.75, 3.05) is 24.5 Å². The molecule has 1 aliphatic rings. The zero-order chi connectivity index (χ0) is 13.7. The van der Waals surface area contributed by atoms with Gasteiger partial charge in [-0.25, -0.2) is 0 Å². The van der Waals surface area contributed by atoms with E-state index in [1.165, 1.54) is 18.4 Å². The second kappa shape index (κ2) is 6.58. The number of para-hydroxylation sites is 1. The summed E-state index contributed by atoms with van der Waals surface area (Å²) in [6.07, 6.45) is 3.61. The Morgan fingerprint density at radius 2 is 2.32 bits per heavy atom. The van der Waals surface area contributed by atoms with Crippen LogP contribution in [-0.2, 0) is 0 Å². The quantitative estimate of drug-likeness (QED) is 0.881. The molecule has 1 fully saturated rings. The molecule has 0 aromatic heterocycles. The predicted octanol–water partition coefficient (Wildman–Crippen LogP) is 2.84. The van der Waals surface area contributed by atoms with Gasteiger partial charge in [-0.05, 0) is 44.4 Å². The van der Waals surface area contributed by atoms with Crippen molar-refractivity contribution in [2.45, 2.75) is 39.2 Å². The third-order valence-corrected chi connectivity index (χ3v) is 3.77. The van der Waals surface area contributed by atoms with Crippen molar-refractivity contribution in [1.29, 1.82) is 5.26 Å². The molecule has 1 heterocycles. The van der Waals surface area contributed by atoms with E-state index in [9.17, 15) is 5.26 Å². The van der Waals surface area contributed by atoms with Crippen molar-refractivity contribution < 1.29 is 0 Å². The second-order valence-electron chi connectivity index (χ2n) is 5.32. The standard InChI is InChI=1S/C16H23N3/c1-3-10-19(12-15-8-5-9-18-15)16-13(2)6-4-7-14(16)11-17/h4,6-7,15,18H,3,5,8-10,12H2,1-2H3. The summed E-state index contributed by atoms with van der Waals surface area (Å²) in [6.45, 7) is 7.44. The maximum atomic E-state index is 9.33. The third kappa shape index (κ3) is 3.27. The highest BCUT2D eigenvalue weighted by Gasteiger charge is 2.20. The van der Waals surface area contributed by atoms with E-state index in [0.717, 1.165) is 37.3 Å². The number of hydrogen-bond donors (Lipinski definition) is 1. The zero-order valence-electron chi connectivity index (χ0n) is 11.9. The monoisotopic (exact) mass is 257 g/mol. The summed E-state index contributed by atoms with van der Waals surface area (Å²) in [5.41, 5.74) is 3.12. The van der Waals surface area contributed by atoms with E-state index in [0.29, 0.717) is 6.04 Å². The lowest BCUT2D eigenvalue weighted by molar-refractivity contribution is 0.577. The van der Waals surface area contributed by atoms with Crippen molar-refractivity contribution in [3.05, 3.63) is 29.3 Å². The van der Waals surface area contributed by atoms with Crippen LogP contribution in [0.2, 0.25) is 0 Å². The highest BCUT2D eigenvalue weighted by atomic mass is 15.2. The molecular formula is C16H23N3. The van der Waals surface area contributed by atoms with E-state index >= 15 is 0 Å². The average molecular weight is 257 g/mol. The van der Waals surface area contributed by atoms with Gasteiger partial charge < -0.3 is 10.2 Å². The van der Waals surface area contributed by atoms with Crippen LogP contribution in [0.3, 0.4) is 0 Å². The van der Waals surface area contributed by atoms with Gasteiger partial charge in [0.15, 0.2) is 0 Å². The normalized spacial score (nSPS) is 18.3. The topological polar surface area (TPSA) is 39.1 Å².